The van der Waals surface area contributed by atoms with Gasteiger partial charge in [-0.05, 0) is 36.7 Å². The summed E-state index contributed by atoms with van der Waals surface area (Å²) < 4.78 is 5.26. The molecule has 0 bridgehead atoms. The average molecular weight is 462 g/mol. The molecule has 1 saturated heterocycles. The maximum Gasteiger partial charge on any atom is 0.408 e. The van der Waals surface area contributed by atoms with Crippen molar-refractivity contribution in [2.24, 2.45) is 11.8 Å². The summed E-state index contributed by atoms with van der Waals surface area (Å²) >= 11 is 0. The van der Waals surface area contributed by atoms with E-state index in [9.17, 15) is 19.5 Å². The number of nitrogens with zero attached hydrogens (tertiary/aromatic N) is 1. The highest BCUT2D eigenvalue weighted by atomic mass is 16.5. The first-order valence-electron chi connectivity index (χ1n) is 11.9. The summed E-state index contributed by atoms with van der Waals surface area (Å²) in [6.45, 7) is 8.88. The van der Waals surface area contributed by atoms with Crippen molar-refractivity contribution in [2.75, 3.05) is 13.1 Å². The normalized spacial score (nSPS) is 19.3. The predicted octanol–water partition coefficient (Wildman–Crippen LogP) is 2.84. The van der Waals surface area contributed by atoms with Gasteiger partial charge in [-0.1, -0.05) is 58.0 Å². The van der Waals surface area contributed by atoms with E-state index >= 15 is 0 Å². The summed E-state index contributed by atoms with van der Waals surface area (Å²) in [5.41, 5.74) is 0.857. The number of amides is 3. The summed E-state index contributed by atoms with van der Waals surface area (Å²) in [5, 5.41) is 16.1. The fourth-order valence-electron chi connectivity index (χ4n) is 3.79. The number of benzene rings is 1. The molecule has 1 heterocycles. The second-order valence-corrected chi connectivity index (χ2v) is 9.63. The van der Waals surface area contributed by atoms with Gasteiger partial charge in [0, 0.05) is 19.5 Å². The van der Waals surface area contributed by atoms with Crippen LogP contribution in [0.2, 0.25) is 0 Å². The Hall–Kier alpha value is -2.61. The Kier molecular flexibility index (Phi) is 10.6. The zero-order chi connectivity index (χ0) is 24.4. The van der Waals surface area contributed by atoms with Crippen LogP contribution in [0.5, 0.6) is 0 Å². The topological polar surface area (TPSA) is 108 Å². The minimum Gasteiger partial charge on any atom is -0.445 e. The highest BCUT2D eigenvalue weighted by Gasteiger charge is 2.33. The molecule has 2 rings (SSSR count). The van der Waals surface area contributed by atoms with E-state index in [1.165, 1.54) is 0 Å². The predicted molar refractivity (Wildman–Crippen MR) is 126 cm³/mol. The molecule has 3 atom stereocenters. The van der Waals surface area contributed by atoms with Gasteiger partial charge in [0.25, 0.3) is 0 Å². The van der Waals surface area contributed by atoms with Gasteiger partial charge < -0.3 is 25.4 Å². The van der Waals surface area contributed by atoms with E-state index in [0.29, 0.717) is 31.7 Å². The van der Waals surface area contributed by atoms with Crippen LogP contribution in [-0.2, 0) is 20.9 Å². The van der Waals surface area contributed by atoms with Crippen LogP contribution >= 0.6 is 0 Å². The summed E-state index contributed by atoms with van der Waals surface area (Å²) in [5.74, 6) is 0.290. The standard InChI is InChI=1S/C25H39N3O5/c1-17(2)10-11-23(30)28-13-12-20(22(29)15-28)26-24(31)21(14-18(3)4)27-25(32)33-16-19-8-6-5-7-9-19/h5-9,17-18,20-22,29H,10-16H2,1-4H3,(H,26,31)(H,27,32)/t20?,21-,22?/m0/s1. The third-order valence-electron chi connectivity index (χ3n) is 5.73. The Morgan fingerprint density at radius 3 is 2.42 bits per heavy atom. The van der Waals surface area contributed by atoms with E-state index in [2.05, 4.69) is 24.5 Å². The molecule has 33 heavy (non-hydrogen) atoms. The smallest absolute Gasteiger partial charge is 0.408 e. The van der Waals surface area contributed by atoms with Crippen molar-refractivity contribution in [1.82, 2.24) is 15.5 Å². The number of likely N-dealkylation sites (tertiary alicyclic amines) is 1. The molecule has 1 aromatic carbocycles. The van der Waals surface area contributed by atoms with Crippen LogP contribution in [0.1, 0.15) is 58.9 Å². The van der Waals surface area contributed by atoms with Crippen molar-refractivity contribution in [3.05, 3.63) is 35.9 Å². The molecular formula is C25H39N3O5. The molecular weight excluding hydrogens is 422 g/mol. The zero-order valence-corrected chi connectivity index (χ0v) is 20.3. The van der Waals surface area contributed by atoms with Gasteiger partial charge in [-0.15, -0.1) is 0 Å². The van der Waals surface area contributed by atoms with E-state index in [-0.39, 0.29) is 30.9 Å². The van der Waals surface area contributed by atoms with Gasteiger partial charge >= 0.3 is 6.09 Å². The molecule has 8 nitrogen and oxygen atoms in total. The largest absolute Gasteiger partial charge is 0.445 e. The van der Waals surface area contributed by atoms with Gasteiger partial charge in [0.1, 0.15) is 12.6 Å². The molecule has 184 valence electrons. The molecule has 1 aliphatic heterocycles. The number of ether oxygens (including phenoxy) is 1. The van der Waals surface area contributed by atoms with Gasteiger partial charge in [0.15, 0.2) is 0 Å². The fourth-order valence-corrected chi connectivity index (χ4v) is 3.79. The fraction of sp³-hybridized carbons (Fsp3) is 0.640. The van der Waals surface area contributed by atoms with Crippen molar-refractivity contribution >= 4 is 17.9 Å². The first-order chi connectivity index (χ1) is 15.7. The van der Waals surface area contributed by atoms with Crippen LogP contribution in [0.15, 0.2) is 30.3 Å². The first-order valence-corrected chi connectivity index (χ1v) is 11.9. The number of hydrogen-bond donors (Lipinski definition) is 3. The third kappa shape index (κ3) is 9.42. The Morgan fingerprint density at radius 1 is 1.12 bits per heavy atom. The number of carbonyl (C=O) groups is 3. The summed E-state index contributed by atoms with van der Waals surface area (Å²) in [6, 6.07) is 8.07. The number of piperidine rings is 1. The first kappa shape index (κ1) is 26.6. The molecule has 3 amide bonds. The number of β-amino-alcohol motifs (C(OH)–C–C–N with tert-alkyl or cyclic N) is 1. The van der Waals surface area contributed by atoms with Crippen LogP contribution < -0.4 is 10.6 Å². The van der Waals surface area contributed by atoms with E-state index in [1.54, 1.807) is 4.90 Å². The molecule has 3 N–H and O–H groups in total. The number of aliphatic hydroxyl groups excluding tert-OH is 1. The Labute approximate surface area is 197 Å². The SMILES string of the molecule is CC(C)CCC(=O)N1CCC(NC(=O)[C@H](CC(C)C)NC(=O)OCc2ccccc2)C(O)C1. The lowest BCUT2D eigenvalue weighted by Gasteiger charge is -2.37. The van der Waals surface area contributed by atoms with Crippen LogP contribution in [0.3, 0.4) is 0 Å². The number of aliphatic hydroxyl groups is 1. The molecule has 1 aliphatic rings. The summed E-state index contributed by atoms with van der Waals surface area (Å²) in [7, 11) is 0. The molecule has 1 fully saturated rings. The summed E-state index contributed by atoms with van der Waals surface area (Å²) in [4.78, 5) is 39.2. The number of rotatable bonds is 10. The zero-order valence-electron chi connectivity index (χ0n) is 20.3. The molecule has 0 aliphatic carbocycles. The van der Waals surface area contributed by atoms with Crippen LogP contribution in [-0.4, -0.2) is 59.2 Å². The quantitative estimate of drug-likeness (QED) is 0.497. The van der Waals surface area contributed by atoms with E-state index in [1.807, 2.05) is 44.2 Å². The number of carbonyl (C=O) groups excluding carboxylic acids is 3. The lowest BCUT2D eigenvalue weighted by atomic mass is 9.98. The minimum absolute atomic E-state index is 0.0352. The molecule has 0 saturated carbocycles. The van der Waals surface area contributed by atoms with Crippen molar-refractivity contribution in [2.45, 2.75) is 78.2 Å². The number of hydrogen-bond acceptors (Lipinski definition) is 5. The van der Waals surface area contributed by atoms with Gasteiger partial charge in [-0.3, -0.25) is 9.59 Å². The van der Waals surface area contributed by atoms with Crippen molar-refractivity contribution in [1.29, 1.82) is 0 Å². The molecule has 0 spiro atoms. The van der Waals surface area contributed by atoms with E-state index in [4.69, 9.17) is 4.74 Å². The lowest BCUT2D eigenvalue weighted by molar-refractivity contribution is -0.135. The highest BCUT2D eigenvalue weighted by Crippen LogP contribution is 2.15. The molecule has 0 aromatic heterocycles. The molecule has 0 radical (unpaired) electrons. The average Bonchev–Trinajstić information content (AvgIpc) is 2.77. The van der Waals surface area contributed by atoms with Crippen molar-refractivity contribution in [3.8, 4) is 0 Å². The second-order valence-electron chi connectivity index (χ2n) is 9.63. The van der Waals surface area contributed by atoms with Crippen molar-refractivity contribution < 1.29 is 24.2 Å². The van der Waals surface area contributed by atoms with Gasteiger partial charge in [0.2, 0.25) is 11.8 Å². The van der Waals surface area contributed by atoms with Gasteiger partial charge in [0.05, 0.1) is 12.1 Å². The maximum atomic E-state index is 12.9. The van der Waals surface area contributed by atoms with Crippen LogP contribution in [0.25, 0.3) is 0 Å². The maximum absolute atomic E-state index is 12.9. The van der Waals surface area contributed by atoms with Crippen LogP contribution in [0, 0.1) is 11.8 Å². The van der Waals surface area contributed by atoms with Crippen LogP contribution in [0.4, 0.5) is 4.79 Å². The molecule has 1 aromatic rings. The number of alkyl carbamates (subject to hydrolysis) is 1. The number of nitrogens with one attached hydrogen (secondary N) is 2. The Bertz CT molecular complexity index is 769. The summed E-state index contributed by atoms with van der Waals surface area (Å²) in [6.07, 6.45) is 0.671. The van der Waals surface area contributed by atoms with Gasteiger partial charge in [-0.2, -0.15) is 0 Å². The Balaban J connectivity index is 1.87. The lowest BCUT2D eigenvalue weighted by Crippen LogP contribution is -2.58. The van der Waals surface area contributed by atoms with Crippen molar-refractivity contribution in [3.63, 3.8) is 0 Å². The minimum atomic E-state index is -0.851. The highest BCUT2D eigenvalue weighted by molar-refractivity contribution is 5.86. The monoisotopic (exact) mass is 461 g/mol. The molecule has 2 unspecified atom stereocenters. The van der Waals surface area contributed by atoms with E-state index < -0.39 is 24.3 Å². The Morgan fingerprint density at radius 2 is 1.82 bits per heavy atom. The third-order valence-corrected chi connectivity index (χ3v) is 5.73. The second kappa shape index (κ2) is 13.2. The van der Waals surface area contributed by atoms with E-state index in [0.717, 1.165) is 12.0 Å². The molecule has 8 heteroatoms. The van der Waals surface area contributed by atoms with Gasteiger partial charge in [-0.25, -0.2) is 4.79 Å².